The first kappa shape index (κ1) is 21.4. The molecule has 0 aromatic heterocycles. The lowest BCUT2D eigenvalue weighted by molar-refractivity contribution is -0.899. The van der Waals surface area contributed by atoms with Gasteiger partial charge in [0.1, 0.15) is 17.4 Å². The number of nitrogens with one attached hydrogen (secondary N) is 2. The van der Waals surface area contributed by atoms with E-state index in [1.165, 1.54) is 4.90 Å². The summed E-state index contributed by atoms with van der Waals surface area (Å²) >= 11 is 0. The van der Waals surface area contributed by atoms with E-state index in [2.05, 4.69) is 25.1 Å². The maximum Gasteiger partial charge on any atom is 0.189 e. The number of nitriles is 3. The second-order valence-corrected chi connectivity index (χ2v) is 7.85. The fourth-order valence-electron chi connectivity index (χ4n) is 4.90. The van der Waals surface area contributed by atoms with Crippen LogP contribution in [0.3, 0.4) is 0 Å². The van der Waals surface area contributed by atoms with E-state index in [1.807, 2.05) is 18.2 Å². The Hall–Kier alpha value is -3.34. The minimum Gasteiger partial charge on any atom is -0.497 e. The number of nitrogens with zero attached hydrogens (tertiary/aromatic N) is 3. The van der Waals surface area contributed by atoms with Crippen LogP contribution in [0, 0.1) is 56.7 Å². The molecule has 0 bridgehead atoms. The van der Waals surface area contributed by atoms with Crippen molar-refractivity contribution in [3.05, 3.63) is 35.4 Å². The standard InChI is InChI=1S/C23H25N5O2/c1-4-6-28-7-5-18-19(11-24)22(27)23(13-25,14-26)21(20(18)12-28)15-8-16(29-2)10-17(9-15)30-3/h5,8-10,19-21,27H,4,6-7,12H2,1-3H3/p+1/t19?,20-,21+/m1/s1. The van der Waals surface area contributed by atoms with Gasteiger partial charge in [-0.3, -0.25) is 0 Å². The highest BCUT2D eigenvalue weighted by atomic mass is 16.5. The molecule has 1 heterocycles. The van der Waals surface area contributed by atoms with Gasteiger partial charge in [0.05, 0.1) is 57.8 Å². The maximum absolute atomic E-state index is 10.2. The molecule has 2 aliphatic rings. The molecule has 30 heavy (non-hydrogen) atoms. The molecule has 4 atom stereocenters. The quantitative estimate of drug-likeness (QED) is 0.726. The van der Waals surface area contributed by atoms with Gasteiger partial charge in [0.25, 0.3) is 0 Å². The SMILES string of the molecule is CCC[NH+]1CC=C2C(C#N)C(=N)C(C#N)(C#N)[C@@H](c3cc(OC)cc(OC)c3)[C@@H]2C1. The Balaban J connectivity index is 2.26. The summed E-state index contributed by atoms with van der Waals surface area (Å²) in [6, 6.07) is 11.8. The molecule has 7 nitrogen and oxygen atoms in total. The van der Waals surface area contributed by atoms with Crippen molar-refractivity contribution in [2.75, 3.05) is 33.9 Å². The van der Waals surface area contributed by atoms with E-state index in [0.717, 1.165) is 25.1 Å². The number of methoxy groups -OCH3 is 2. The number of rotatable bonds is 5. The van der Waals surface area contributed by atoms with Gasteiger partial charge in [-0.25, -0.2) is 0 Å². The summed E-state index contributed by atoms with van der Waals surface area (Å²) in [6.07, 6.45) is 3.06. The number of fused-ring (bicyclic) bond motifs is 1. The summed E-state index contributed by atoms with van der Waals surface area (Å²) in [5.41, 5.74) is -0.295. The predicted molar refractivity (Wildman–Crippen MR) is 110 cm³/mol. The first-order chi connectivity index (χ1) is 14.5. The second-order valence-electron chi connectivity index (χ2n) is 7.85. The smallest absolute Gasteiger partial charge is 0.189 e. The van der Waals surface area contributed by atoms with Gasteiger partial charge in [-0.05, 0) is 35.8 Å². The third kappa shape index (κ3) is 3.30. The molecule has 1 saturated carbocycles. The van der Waals surface area contributed by atoms with E-state index < -0.39 is 17.3 Å². The Morgan fingerprint density at radius 3 is 2.27 bits per heavy atom. The van der Waals surface area contributed by atoms with Gasteiger partial charge in [-0.1, -0.05) is 6.92 Å². The number of hydrogen-bond donors (Lipinski definition) is 2. The summed E-state index contributed by atoms with van der Waals surface area (Å²) in [6.45, 7) is 4.58. The minimum absolute atomic E-state index is 0.136. The normalized spacial score (nSPS) is 26.9. The zero-order valence-electron chi connectivity index (χ0n) is 17.5. The molecule has 3 rings (SSSR count). The summed E-state index contributed by atoms with van der Waals surface area (Å²) in [5, 5.41) is 38.8. The summed E-state index contributed by atoms with van der Waals surface area (Å²) in [4.78, 5) is 1.35. The minimum atomic E-state index is -1.73. The summed E-state index contributed by atoms with van der Waals surface area (Å²) < 4.78 is 10.8. The van der Waals surface area contributed by atoms with E-state index in [0.29, 0.717) is 23.6 Å². The fraction of sp³-hybridized carbons (Fsp3) is 0.478. The van der Waals surface area contributed by atoms with Crippen LogP contribution in [0.2, 0.25) is 0 Å². The molecule has 1 aliphatic carbocycles. The molecule has 1 aromatic carbocycles. The molecular formula is C23H26N5O2+. The Morgan fingerprint density at radius 1 is 1.13 bits per heavy atom. The first-order valence-electron chi connectivity index (χ1n) is 10.1. The Morgan fingerprint density at radius 2 is 1.77 bits per heavy atom. The average Bonchev–Trinajstić information content (AvgIpc) is 2.78. The summed E-state index contributed by atoms with van der Waals surface area (Å²) in [7, 11) is 3.10. The van der Waals surface area contributed by atoms with Crippen molar-refractivity contribution >= 4 is 5.71 Å². The first-order valence-corrected chi connectivity index (χ1v) is 10.1. The third-order valence-electron chi connectivity index (χ3n) is 6.30. The number of hydrogen-bond acceptors (Lipinski definition) is 6. The van der Waals surface area contributed by atoms with Gasteiger partial charge in [0.2, 0.25) is 0 Å². The van der Waals surface area contributed by atoms with Crippen molar-refractivity contribution < 1.29 is 14.4 Å². The lowest BCUT2D eigenvalue weighted by Crippen LogP contribution is -3.13. The van der Waals surface area contributed by atoms with E-state index in [9.17, 15) is 15.8 Å². The van der Waals surface area contributed by atoms with Crippen LogP contribution in [0.5, 0.6) is 11.5 Å². The Bertz CT molecular complexity index is 958. The number of benzene rings is 1. The van der Waals surface area contributed by atoms with Gasteiger partial charge in [0.15, 0.2) is 5.41 Å². The molecule has 1 aliphatic heterocycles. The second kappa shape index (κ2) is 8.57. The van der Waals surface area contributed by atoms with Gasteiger partial charge in [0, 0.05) is 17.9 Å². The Labute approximate surface area is 177 Å². The zero-order valence-corrected chi connectivity index (χ0v) is 17.5. The molecule has 2 N–H and O–H groups in total. The molecule has 2 unspecified atom stereocenters. The van der Waals surface area contributed by atoms with Gasteiger partial charge >= 0.3 is 0 Å². The van der Waals surface area contributed by atoms with E-state index in [4.69, 9.17) is 14.9 Å². The zero-order chi connectivity index (χ0) is 21.9. The van der Waals surface area contributed by atoms with E-state index in [-0.39, 0.29) is 11.6 Å². The fourth-order valence-corrected chi connectivity index (χ4v) is 4.90. The molecule has 1 aromatic rings. The maximum atomic E-state index is 10.2. The molecule has 7 heteroatoms. The van der Waals surface area contributed by atoms with E-state index in [1.54, 1.807) is 20.3 Å². The predicted octanol–water partition coefficient (Wildman–Crippen LogP) is 1.85. The highest BCUT2D eigenvalue weighted by molar-refractivity contribution is 6.00. The van der Waals surface area contributed by atoms with Crippen molar-refractivity contribution in [3.63, 3.8) is 0 Å². The molecule has 0 radical (unpaired) electrons. The van der Waals surface area contributed by atoms with Crippen LogP contribution < -0.4 is 14.4 Å². The summed E-state index contributed by atoms with van der Waals surface area (Å²) in [5.74, 6) is -0.521. The highest BCUT2D eigenvalue weighted by Crippen LogP contribution is 2.53. The van der Waals surface area contributed by atoms with Crippen LogP contribution in [-0.2, 0) is 0 Å². The third-order valence-corrected chi connectivity index (χ3v) is 6.30. The molecule has 0 amide bonds. The molecule has 0 saturated heterocycles. The van der Waals surface area contributed by atoms with Crippen molar-refractivity contribution in [1.82, 2.24) is 0 Å². The average molecular weight is 404 g/mol. The molecular weight excluding hydrogens is 378 g/mol. The van der Waals surface area contributed by atoms with Crippen LogP contribution in [0.25, 0.3) is 0 Å². The van der Waals surface area contributed by atoms with Gasteiger partial charge in [-0.2, -0.15) is 15.8 Å². The van der Waals surface area contributed by atoms with Crippen molar-refractivity contribution in [3.8, 4) is 29.7 Å². The van der Waals surface area contributed by atoms with Crippen molar-refractivity contribution in [2.45, 2.75) is 19.3 Å². The van der Waals surface area contributed by atoms with Gasteiger partial charge < -0.3 is 19.8 Å². The van der Waals surface area contributed by atoms with Crippen molar-refractivity contribution in [1.29, 1.82) is 21.2 Å². The topological polar surface area (TPSA) is 118 Å². The van der Waals surface area contributed by atoms with E-state index >= 15 is 0 Å². The van der Waals surface area contributed by atoms with Crippen LogP contribution >= 0.6 is 0 Å². The molecule has 1 fully saturated rings. The lowest BCUT2D eigenvalue weighted by Gasteiger charge is -2.46. The highest BCUT2D eigenvalue weighted by Gasteiger charge is 2.58. The van der Waals surface area contributed by atoms with Gasteiger partial charge in [-0.15, -0.1) is 0 Å². The molecule has 0 spiro atoms. The van der Waals surface area contributed by atoms with Crippen molar-refractivity contribution in [2.24, 2.45) is 17.3 Å². The van der Waals surface area contributed by atoms with Crippen LogP contribution in [0.4, 0.5) is 0 Å². The van der Waals surface area contributed by atoms with Crippen LogP contribution in [-0.4, -0.2) is 39.6 Å². The molecule has 154 valence electrons. The number of quaternary nitrogens is 1. The largest absolute Gasteiger partial charge is 0.497 e. The van der Waals surface area contributed by atoms with Crippen LogP contribution in [0.1, 0.15) is 24.8 Å². The lowest BCUT2D eigenvalue weighted by atomic mass is 9.54. The Kier molecular flexibility index (Phi) is 6.11. The van der Waals surface area contributed by atoms with Crippen LogP contribution in [0.15, 0.2) is 29.8 Å². The number of ether oxygens (including phenoxy) is 2. The monoisotopic (exact) mass is 404 g/mol.